The summed E-state index contributed by atoms with van der Waals surface area (Å²) < 4.78 is 5.69. The summed E-state index contributed by atoms with van der Waals surface area (Å²) in [6, 6.07) is 12.9. The lowest BCUT2D eigenvalue weighted by Crippen LogP contribution is -2.13. The Labute approximate surface area is 185 Å². The van der Waals surface area contributed by atoms with Crippen molar-refractivity contribution in [3.8, 4) is 10.6 Å². The highest BCUT2D eigenvalue weighted by molar-refractivity contribution is 7.19. The smallest absolute Gasteiger partial charge is 0.350 e. The number of nitrogens with zero attached hydrogens (tertiary/aromatic N) is 2. The molecule has 0 unspecified atom stereocenters. The minimum absolute atomic E-state index is 0.274. The molecule has 0 bridgehead atoms. The molecule has 3 aromatic heterocycles. The van der Waals surface area contributed by atoms with E-state index in [1.165, 1.54) is 11.3 Å². The number of thiazole rings is 1. The Morgan fingerprint density at radius 1 is 1.13 bits per heavy atom. The van der Waals surface area contributed by atoms with E-state index in [1.54, 1.807) is 26.0 Å². The number of hydrogen-bond acceptors (Lipinski definition) is 7. The predicted molar refractivity (Wildman–Crippen MR) is 121 cm³/mol. The summed E-state index contributed by atoms with van der Waals surface area (Å²) in [6.45, 7) is 3.72. The number of rotatable bonds is 5. The number of nitrogens with one attached hydrogen (secondary N) is 1. The third-order valence-corrected chi connectivity index (χ3v) is 6.57. The van der Waals surface area contributed by atoms with E-state index in [0.29, 0.717) is 36.8 Å². The first-order chi connectivity index (χ1) is 14.5. The van der Waals surface area contributed by atoms with Crippen LogP contribution < -0.4 is 5.32 Å². The van der Waals surface area contributed by atoms with Crippen molar-refractivity contribution in [1.29, 1.82) is 0 Å². The maximum absolute atomic E-state index is 13.1. The molecule has 0 spiro atoms. The fourth-order valence-electron chi connectivity index (χ4n) is 2.94. The van der Waals surface area contributed by atoms with Crippen LogP contribution in [0.4, 0.5) is 5.13 Å². The maximum Gasteiger partial charge on any atom is 0.350 e. The molecule has 0 aliphatic carbocycles. The summed E-state index contributed by atoms with van der Waals surface area (Å²) in [6.07, 6.45) is 0. The summed E-state index contributed by atoms with van der Waals surface area (Å²) in [5, 5.41) is 3.86. The number of para-hydroxylation sites is 1. The van der Waals surface area contributed by atoms with Crippen molar-refractivity contribution in [3.05, 3.63) is 62.9 Å². The number of ether oxygens (including phenoxy) is 1. The van der Waals surface area contributed by atoms with Crippen LogP contribution in [0.2, 0.25) is 4.34 Å². The van der Waals surface area contributed by atoms with E-state index in [-0.39, 0.29) is 12.5 Å². The summed E-state index contributed by atoms with van der Waals surface area (Å²) in [5.74, 6) is -0.777. The highest BCUT2D eigenvalue weighted by atomic mass is 35.5. The first-order valence-corrected chi connectivity index (χ1v) is 11.1. The molecular weight excluding hydrogens is 442 g/mol. The number of fused-ring (bicyclic) bond motifs is 1. The Kier molecular flexibility index (Phi) is 5.80. The van der Waals surface area contributed by atoms with Crippen LogP contribution in [0.5, 0.6) is 0 Å². The lowest BCUT2D eigenvalue weighted by molar-refractivity contribution is 0.0531. The highest BCUT2D eigenvalue weighted by Gasteiger charge is 2.20. The highest BCUT2D eigenvalue weighted by Crippen LogP contribution is 2.33. The van der Waals surface area contributed by atoms with Crippen molar-refractivity contribution in [2.24, 2.45) is 0 Å². The van der Waals surface area contributed by atoms with Crippen LogP contribution in [0.15, 0.2) is 42.5 Å². The van der Waals surface area contributed by atoms with Crippen molar-refractivity contribution in [1.82, 2.24) is 9.97 Å². The first-order valence-electron chi connectivity index (χ1n) is 9.07. The number of halogens is 1. The quantitative estimate of drug-likeness (QED) is 0.382. The second-order valence-electron chi connectivity index (χ2n) is 6.28. The van der Waals surface area contributed by atoms with Gasteiger partial charge in [-0.15, -0.1) is 11.3 Å². The summed E-state index contributed by atoms with van der Waals surface area (Å²) in [4.78, 5) is 35.4. The maximum atomic E-state index is 13.1. The third-order valence-electron chi connectivity index (χ3n) is 4.26. The minimum Gasteiger partial charge on any atom is -0.462 e. The molecule has 30 heavy (non-hydrogen) atoms. The van der Waals surface area contributed by atoms with Crippen molar-refractivity contribution < 1.29 is 14.3 Å². The normalized spacial score (nSPS) is 10.9. The van der Waals surface area contributed by atoms with Gasteiger partial charge >= 0.3 is 5.97 Å². The Bertz CT molecular complexity index is 1270. The van der Waals surface area contributed by atoms with Crippen LogP contribution in [0, 0.1) is 6.92 Å². The lowest BCUT2D eigenvalue weighted by atomic mass is 10.1. The molecule has 3 heterocycles. The van der Waals surface area contributed by atoms with Gasteiger partial charge in [-0.2, -0.15) is 0 Å². The van der Waals surface area contributed by atoms with E-state index in [4.69, 9.17) is 16.3 Å². The molecule has 0 atom stereocenters. The van der Waals surface area contributed by atoms with Crippen LogP contribution in [0.1, 0.15) is 32.6 Å². The van der Waals surface area contributed by atoms with E-state index < -0.39 is 5.97 Å². The molecule has 0 aliphatic rings. The summed E-state index contributed by atoms with van der Waals surface area (Å²) >= 11 is 8.56. The Balaban J connectivity index is 1.71. The van der Waals surface area contributed by atoms with Crippen molar-refractivity contribution in [2.75, 3.05) is 11.9 Å². The summed E-state index contributed by atoms with van der Waals surface area (Å²) in [7, 11) is 0. The number of aryl methyl sites for hydroxylation is 1. The molecule has 4 aromatic rings. The number of carbonyl (C=O) groups excluding carboxylic acids is 2. The van der Waals surface area contributed by atoms with Crippen LogP contribution in [-0.2, 0) is 4.74 Å². The van der Waals surface area contributed by atoms with Crippen molar-refractivity contribution >= 4 is 62.2 Å². The molecule has 0 saturated heterocycles. The van der Waals surface area contributed by atoms with Gasteiger partial charge in [0.15, 0.2) is 5.13 Å². The second-order valence-corrected chi connectivity index (χ2v) is 9.00. The molecule has 6 nitrogen and oxygen atoms in total. The van der Waals surface area contributed by atoms with E-state index in [0.717, 1.165) is 21.6 Å². The van der Waals surface area contributed by atoms with E-state index in [2.05, 4.69) is 15.3 Å². The zero-order valence-electron chi connectivity index (χ0n) is 16.1. The van der Waals surface area contributed by atoms with Crippen molar-refractivity contribution in [2.45, 2.75) is 13.8 Å². The molecule has 0 radical (unpaired) electrons. The van der Waals surface area contributed by atoms with Gasteiger partial charge in [0.25, 0.3) is 5.91 Å². The largest absolute Gasteiger partial charge is 0.462 e. The number of aromatic nitrogens is 2. The van der Waals surface area contributed by atoms with Gasteiger partial charge in [0.2, 0.25) is 0 Å². The zero-order valence-corrected chi connectivity index (χ0v) is 18.5. The molecule has 0 saturated carbocycles. The number of anilines is 1. The molecule has 1 amide bonds. The Hall–Kier alpha value is -2.81. The fraction of sp³-hybridized carbons (Fsp3) is 0.143. The van der Waals surface area contributed by atoms with Gasteiger partial charge in [0, 0.05) is 5.39 Å². The van der Waals surface area contributed by atoms with Crippen LogP contribution in [-0.4, -0.2) is 28.5 Å². The van der Waals surface area contributed by atoms with Gasteiger partial charge in [-0.1, -0.05) is 41.1 Å². The van der Waals surface area contributed by atoms with Gasteiger partial charge < -0.3 is 4.74 Å². The standard InChI is InChI=1S/C21H16ClN3O3S2/c1-3-28-20(27)18-11(2)23-21(30-18)25-19(26)13-10-15(16-8-9-17(22)29-16)24-14-7-5-4-6-12(13)14/h4-10H,3H2,1-2H3,(H,23,25,26). The van der Waals surface area contributed by atoms with Gasteiger partial charge in [0.1, 0.15) is 4.88 Å². The van der Waals surface area contributed by atoms with Crippen LogP contribution in [0.25, 0.3) is 21.5 Å². The number of benzene rings is 1. The predicted octanol–water partition coefficient (Wildman–Crippen LogP) is 5.81. The first kappa shape index (κ1) is 20.5. The van der Waals surface area contributed by atoms with Gasteiger partial charge in [-0.05, 0) is 38.1 Å². The molecule has 1 N–H and O–H groups in total. The molecule has 0 fully saturated rings. The van der Waals surface area contributed by atoms with E-state index in [9.17, 15) is 9.59 Å². The van der Waals surface area contributed by atoms with E-state index in [1.807, 2.05) is 30.3 Å². The number of pyridine rings is 1. The second kappa shape index (κ2) is 8.51. The number of hydrogen-bond donors (Lipinski definition) is 1. The van der Waals surface area contributed by atoms with Crippen LogP contribution >= 0.6 is 34.3 Å². The van der Waals surface area contributed by atoms with Crippen molar-refractivity contribution in [3.63, 3.8) is 0 Å². The number of carbonyl (C=O) groups is 2. The number of esters is 1. The zero-order chi connectivity index (χ0) is 21.3. The SMILES string of the molecule is CCOC(=O)c1sc(NC(=O)c2cc(-c3ccc(Cl)s3)nc3ccccc23)nc1C. The average molecular weight is 458 g/mol. The Morgan fingerprint density at radius 3 is 2.67 bits per heavy atom. The molecule has 1 aromatic carbocycles. The summed E-state index contributed by atoms with van der Waals surface area (Å²) in [5.41, 5.74) is 2.35. The van der Waals surface area contributed by atoms with Crippen LogP contribution in [0.3, 0.4) is 0 Å². The molecule has 152 valence electrons. The topological polar surface area (TPSA) is 81.2 Å². The molecular formula is C21H16ClN3O3S2. The average Bonchev–Trinajstić information content (AvgIpc) is 3.32. The monoisotopic (exact) mass is 457 g/mol. The number of amides is 1. The Morgan fingerprint density at radius 2 is 1.93 bits per heavy atom. The minimum atomic E-state index is -0.445. The fourth-order valence-corrected chi connectivity index (χ4v) is 4.80. The van der Waals surface area contributed by atoms with Gasteiger partial charge in [-0.3, -0.25) is 10.1 Å². The third kappa shape index (κ3) is 4.07. The number of thiophene rings is 1. The molecule has 4 rings (SSSR count). The van der Waals surface area contributed by atoms with E-state index >= 15 is 0 Å². The van der Waals surface area contributed by atoms with Gasteiger partial charge in [0.05, 0.1) is 38.3 Å². The lowest BCUT2D eigenvalue weighted by Gasteiger charge is -2.08. The molecule has 9 heteroatoms. The molecule has 0 aliphatic heterocycles. The van der Waals surface area contributed by atoms with Gasteiger partial charge in [-0.25, -0.2) is 14.8 Å².